The van der Waals surface area contributed by atoms with Crippen molar-refractivity contribution in [2.75, 3.05) is 11.9 Å². The summed E-state index contributed by atoms with van der Waals surface area (Å²) in [6.07, 6.45) is 0.733. The first-order chi connectivity index (χ1) is 9.17. The molecular formula is C14H11ClFN3. The predicted molar refractivity (Wildman–Crippen MR) is 72.6 cm³/mol. The van der Waals surface area contributed by atoms with Crippen LogP contribution < -0.4 is 5.32 Å². The van der Waals surface area contributed by atoms with Gasteiger partial charge in [-0.15, -0.1) is 0 Å². The van der Waals surface area contributed by atoms with Gasteiger partial charge < -0.3 is 5.32 Å². The smallest absolute Gasteiger partial charge is 0.132 e. The highest BCUT2D eigenvalue weighted by Gasteiger charge is 2.01. The second kappa shape index (κ2) is 6.17. The summed E-state index contributed by atoms with van der Waals surface area (Å²) in [5.74, 6) is 0.318. The van der Waals surface area contributed by atoms with E-state index >= 15 is 0 Å². The normalized spacial score (nSPS) is 9.95. The molecule has 0 spiro atoms. The van der Waals surface area contributed by atoms with Crippen LogP contribution in [-0.4, -0.2) is 11.5 Å². The van der Waals surface area contributed by atoms with Crippen LogP contribution in [0.5, 0.6) is 0 Å². The standard InChI is InChI=1S/C14H11ClFN3/c15-13-7-11(9-17)8-14(19-13)18-6-5-10-1-3-12(16)4-2-10/h1-4,7-8H,5-6H2,(H,18,19). The van der Waals surface area contributed by atoms with E-state index in [0.717, 1.165) is 12.0 Å². The largest absolute Gasteiger partial charge is 0.370 e. The van der Waals surface area contributed by atoms with Gasteiger partial charge in [-0.1, -0.05) is 23.7 Å². The van der Waals surface area contributed by atoms with Gasteiger partial charge in [0.2, 0.25) is 0 Å². The lowest BCUT2D eigenvalue weighted by Crippen LogP contribution is -2.06. The molecule has 5 heteroatoms. The molecule has 0 amide bonds. The summed E-state index contributed by atoms with van der Waals surface area (Å²) in [6.45, 7) is 0.629. The van der Waals surface area contributed by atoms with Crippen LogP contribution in [0.2, 0.25) is 5.15 Å². The lowest BCUT2D eigenvalue weighted by Gasteiger charge is -2.06. The number of halogens is 2. The average Bonchev–Trinajstić information content (AvgIpc) is 2.40. The molecule has 0 bridgehead atoms. The second-order valence-corrected chi connectivity index (χ2v) is 4.37. The number of aromatic nitrogens is 1. The summed E-state index contributed by atoms with van der Waals surface area (Å²) < 4.78 is 12.7. The van der Waals surface area contributed by atoms with Gasteiger partial charge in [-0.3, -0.25) is 0 Å². The van der Waals surface area contributed by atoms with Gasteiger partial charge in [-0.2, -0.15) is 5.26 Å². The molecular weight excluding hydrogens is 265 g/mol. The monoisotopic (exact) mass is 275 g/mol. The van der Waals surface area contributed by atoms with Crippen LogP contribution >= 0.6 is 11.6 Å². The average molecular weight is 276 g/mol. The Morgan fingerprint density at radius 1 is 1.26 bits per heavy atom. The Morgan fingerprint density at radius 3 is 2.68 bits per heavy atom. The Labute approximate surface area is 115 Å². The topological polar surface area (TPSA) is 48.7 Å². The molecule has 0 saturated carbocycles. The maximum atomic E-state index is 12.7. The van der Waals surface area contributed by atoms with Crippen molar-refractivity contribution in [2.45, 2.75) is 6.42 Å². The van der Waals surface area contributed by atoms with Crippen molar-refractivity contribution in [3.05, 3.63) is 58.5 Å². The summed E-state index contributed by atoms with van der Waals surface area (Å²) in [5, 5.41) is 12.2. The number of anilines is 1. The molecule has 0 saturated heterocycles. The van der Waals surface area contributed by atoms with E-state index < -0.39 is 0 Å². The van der Waals surface area contributed by atoms with Crippen LogP contribution in [-0.2, 0) is 6.42 Å². The minimum atomic E-state index is -0.244. The fourth-order valence-corrected chi connectivity index (χ4v) is 1.85. The number of benzene rings is 1. The summed E-state index contributed by atoms with van der Waals surface area (Å²) in [7, 11) is 0. The zero-order chi connectivity index (χ0) is 13.7. The molecule has 19 heavy (non-hydrogen) atoms. The van der Waals surface area contributed by atoms with Gasteiger partial charge in [0.25, 0.3) is 0 Å². The minimum absolute atomic E-state index is 0.244. The molecule has 0 fully saturated rings. The molecule has 2 aromatic rings. The quantitative estimate of drug-likeness (QED) is 0.870. The first-order valence-electron chi connectivity index (χ1n) is 5.73. The minimum Gasteiger partial charge on any atom is -0.370 e. The van der Waals surface area contributed by atoms with Crippen LogP contribution in [0.1, 0.15) is 11.1 Å². The van der Waals surface area contributed by atoms with Crippen LogP contribution in [0.15, 0.2) is 36.4 Å². The molecule has 0 radical (unpaired) electrons. The number of pyridine rings is 1. The Kier molecular flexibility index (Phi) is 4.32. The van der Waals surface area contributed by atoms with Crippen molar-refractivity contribution in [1.82, 2.24) is 4.98 Å². The molecule has 1 aromatic heterocycles. The number of nitrogens with one attached hydrogen (secondary N) is 1. The Bertz CT molecular complexity index is 605. The molecule has 0 aliphatic rings. The van der Waals surface area contributed by atoms with Gasteiger partial charge in [0.15, 0.2) is 0 Å². The van der Waals surface area contributed by atoms with Gasteiger partial charge in [0.1, 0.15) is 16.8 Å². The number of nitrogens with zero attached hydrogens (tertiary/aromatic N) is 2. The third kappa shape index (κ3) is 3.94. The van der Waals surface area contributed by atoms with E-state index in [1.807, 2.05) is 6.07 Å². The number of hydrogen-bond donors (Lipinski definition) is 1. The fourth-order valence-electron chi connectivity index (χ4n) is 1.64. The van der Waals surface area contributed by atoms with Gasteiger partial charge in [-0.05, 0) is 36.2 Å². The van der Waals surface area contributed by atoms with Crippen molar-refractivity contribution < 1.29 is 4.39 Å². The molecule has 2 rings (SSSR count). The van der Waals surface area contributed by atoms with Gasteiger partial charge >= 0.3 is 0 Å². The zero-order valence-electron chi connectivity index (χ0n) is 10.0. The number of rotatable bonds is 4. The van der Waals surface area contributed by atoms with Gasteiger partial charge in [0, 0.05) is 6.54 Å². The van der Waals surface area contributed by atoms with Crippen molar-refractivity contribution in [3.63, 3.8) is 0 Å². The van der Waals surface area contributed by atoms with E-state index in [9.17, 15) is 4.39 Å². The molecule has 1 heterocycles. The highest BCUT2D eigenvalue weighted by atomic mass is 35.5. The van der Waals surface area contributed by atoms with Crippen molar-refractivity contribution >= 4 is 17.4 Å². The lowest BCUT2D eigenvalue weighted by molar-refractivity contribution is 0.627. The lowest BCUT2D eigenvalue weighted by atomic mass is 10.1. The van der Waals surface area contributed by atoms with Gasteiger partial charge in [0.05, 0.1) is 11.6 Å². The molecule has 1 aromatic carbocycles. The van der Waals surface area contributed by atoms with E-state index in [-0.39, 0.29) is 11.0 Å². The SMILES string of the molecule is N#Cc1cc(Cl)nc(NCCc2ccc(F)cc2)c1. The summed E-state index contributed by atoms with van der Waals surface area (Å²) in [5.41, 5.74) is 1.49. The Balaban J connectivity index is 1.94. The predicted octanol–water partition coefficient (Wildman–Crippen LogP) is 3.40. The van der Waals surface area contributed by atoms with Gasteiger partial charge in [-0.25, -0.2) is 9.37 Å². The molecule has 0 atom stereocenters. The second-order valence-electron chi connectivity index (χ2n) is 3.98. The number of hydrogen-bond acceptors (Lipinski definition) is 3. The van der Waals surface area contributed by atoms with Crippen LogP contribution in [0.4, 0.5) is 10.2 Å². The first kappa shape index (κ1) is 13.3. The van der Waals surface area contributed by atoms with Crippen molar-refractivity contribution in [3.8, 4) is 6.07 Å². The summed E-state index contributed by atoms with van der Waals surface area (Å²) in [4.78, 5) is 4.07. The molecule has 0 aliphatic heterocycles. The fraction of sp³-hybridized carbons (Fsp3) is 0.143. The van der Waals surface area contributed by atoms with E-state index in [1.54, 1.807) is 18.2 Å². The van der Waals surface area contributed by atoms with E-state index in [1.165, 1.54) is 18.2 Å². The van der Waals surface area contributed by atoms with Crippen molar-refractivity contribution in [2.24, 2.45) is 0 Å². The van der Waals surface area contributed by atoms with Crippen LogP contribution in [0.25, 0.3) is 0 Å². The Morgan fingerprint density at radius 2 is 2.00 bits per heavy atom. The third-order valence-electron chi connectivity index (χ3n) is 2.56. The summed E-state index contributed by atoms with van der Waals surface area (Å²) in [6, 6.07) is 11.5. The summed E-state index contributed by atoms with van der Waals surface area (Å²) >= 11 is 5.80. The van der Waals surface area contributed by atoms with Crippen LogP contribution in [0.3, 0.4) is 0 Å². The highest BCUT2D eigenvalue weighted by Crippen LogP contribution is 2.14. The highest BCUT2D eigenvalue weighted by molar-refractivity contribution is 6.29. The Hall–Kier alpha value is -2.12. The molecule has 1 N–H and O–H groups in total. The number of nitriles is 1. The molecule has 0 unspecified atom stereocenters. The zero-order valence-corrected chi connectivity index (χ0v) is 10.8. The molecule has 0 aliphatic carbocycles. The van der Waals surface area contributed by atoms with E-state index in [2.05, 4.69) is 10.3 Å². The van der Waals surface area contributed by atoms with E-state index in [4.69, 9.17) is 16.9 Å². The maximum Gasteiger partial charge on any atom is 0.132 e. The molecule has 96 valence electrons. The maximum absolute atomic E-state index is 12.7. The third-order valence-corrected chi connectivity index (χ3v) is 2.75. The van der Waals surface area contributed by atoms with E-state index in [0.29, 0.717) is 17.9 Å². The first-order valence-corrected chi connectivity index (χ1v) is 6.11. The van der Waals surface area contributed by atoms with Crippen molar-refractivity contribution in [1.29, 1.82) is 5.26 Å². The van der Waals surface area contributed by atoms with Crippen LogP contribution in [0, 0.1) is 17.1 Å². The molecule has 3 nitrogen and oxygen atoms in total.